The molecular weight excluding hydrogens is 240 g/mol. The normalized spacial score (nSPS) is 17.0. The lowest BCUT2D eigenvalue weighted by atomic mass is 10.2. The minimum atomic E-state index is -0.723. The van der Waals surface area contributed by atoms with E-state index in [1.54, 1.807) is 4.90 Å². The van der Waals surface area contributed by atoms with Crippen molar-refractivity contribution in [3.8, 4) is 5.75 Å². The molecule has 18 heavy (non-hydrogen) atoms. The maximum Gasteiger partial charge on any atom is 0.193 e. The van der Waals surface area contributed by atoms with Gasteiger partial charge in [-0.3, -0.25) is 0 Å². The average Bonchev–Trinajstić information content (AvgIpc) is 2.31. The number of anilines is 2. The molecule has 1 fully saturated rings. The molecule has 0 radical (unpaired) electrons. The number of nitrogens with two attached hydrogens (primary N) is 1. The topological polar surface area (TPSA) is 41.7 Å². The number of methoxy groups -OCH3 is 1. The minimum Gasteiger partial charge on any atom is -0.492 e. The van der Waals surface area contributed by atoms with Crippen LogP contribution in [-0.4, -0.2) is 45.2 Å². The first-order valence-corrected chi connectivity index (χ1v) is 5.79. The van der Waals surface area contributed by atoms with E-state index in [2.05, 4.69) is 4.90 Å². The summed E-state index contributed by atoms with van der Waals surface area (Å²) >= 11 is 0. The molecule has 1 saturated heterocycles. The molecule has 0 amide bonds. The summed E-state index contributed by atoms with van der Waals surface area (Å²) in [6.45, 7) is 2.70. The van der Waals surface area contributed by atoms with Crippen molar-refractivity contribution >= 4 is 11.4 Å². The van der Waals surface area contributed by atoms with Gasteiger partial charge in [-0.1, -0.05) is 0 Å². The zero-order valence-corrected chi connectivity index (χ0v) is 10.5. The molecule has 1 heterocycles. The van der Waals surface area contributed by atoms with Crippen LogP contribution >= 0.6 is 0 Å². The second-order valence-corrected chi connectivity index (χ2v) is 4.43. The Kier molecular flexibility index (Phi) is 3.56. The molecule has 0 unspecified atom stereocenters. The number of hydrogen-bond acceptors (Lipinski definition) is 4. The van der Waals surface area contributed by atoms with Crippen molar-refractivity contribution in [2.24, 2.45) is 0 Å². The summed E-state index contributed by atoms with van der Waals surface area (Å²) in [4.78, 5) is 3.80. The first-order valence-electron chi connectivity index (χ1n) is 5.79. The maximum absolute atomic E-state index is 14.2. The molecule has 100 valence electrons. The molecule has 1 aliphatic heterocycles. The number of benzene rings is 1. The number of piperazine rings is 1. The molecule has 0 spiro atoms. The lowest BCUT2D eigenvalue weighted by Gasteiger charge is -2.34. The Morgan fingerprint density at radius 2 is 1.83 bits per heavy atom. The molecule has 0 saturated carbocycles. The number of nitrogen functional groups attached to an aromatic ring is 1. The Labute approximate surface area is 105 Å². The monoisotopic (exact) mass is 257 g/mol. The van der Waals surface area contributed by atoms with Gasteiger partial charge in [-0.15, -0.1) is 0 Å². The molecule has 4 nitrogen and oxygen atoms in total. The van der Waals surface area contributed by atoms with E-state index in [-0.39, 0.29) is 17.1 Å². The Bertz CT molecular complexity index is 445. The zero-order chi connectivity index (χ0) is 13.3. The van der Waals surface area contributed by atoms with Crippen LogP contribution in [0, 0.1) is 11.6 Å². The lowest BCUT2D eigenvalue weighted by Crippen LogP contribution is -2.45. The second kappa shape index (κ2) is 4.97. The van der Waals surface area contributed by atoms with Gasteiger partial charge in [-0.05, 0) is 7.05 Å². The van der Waals surface area contributed by atoms with E-state index in [1.165, 1.54) is 7.11 Å². The summed E-state index contributed by atoms with van der Waals surface area (Å²) in [7, 11) is 3.30. The summed E-state index contributed by atoms with van der Waals surface area (Å²) in [5, 5.41) is 0. The van der Waals surface area contributed by atoms with Gasteiger partial charge in [0.1, 0.15) is 5.69 Å². The lowest BCUT2D eigenvalue weighted by molar-refractivity contribution is 0.309. The molecule has 1 aromatic rings. The van der Waals surface area contributed by atoms with Gasteiger partial charge in [-0.25, -0.2) is 8.78 Å². The fourth-order valence-corrected chi connectivity index (χ4v) is 2.14. The largest absolute Gasteiger partial charge is 0.492 e. The first kappa shape index (κ1) is 12.9. The summed E-state index contributed by atoms with van der Waals surface area (Å²) in [5.74, 6) is -1.46. The number of rotatable bonds is 2. The van der Waals surface area contributed by atoms with Gasteiger partial charge in [0.15, 0.2) is 17.4 Å². The molecule has 0 bridgehead atoms. The van der Waals surface area contributed by atoms with E-state index in [9.17, 15) is 8.78 Å². The molecule has 0 atom stereocenters. The third-order valence-corrected chi connectivity index (χ3v) is 3.20. The molecule has 1 aliphatic rings. The van der Waals surface area contributed by atoms with E-state index < -0.39 is 11.6 Å². The van der Waals surface area contributed by atoms with Gasteiger partial charge in [0.2, 0.25) is 0 Å². The van der Waals surface area contributed by atoms with Crippen LogP contribution in [0.15, 0.2) is 6.07 Å². The standard InChI is InChI=1S/C12H17F2N3O/c1-16-3-5-17(6-4-16)11-8(13)7-9(15)12(18-2)10(11)14/h7H,3-6,15H2,1-2H3. The van der Waals surface area contributed by atoms with Crippen molar-refractivity contribution in [2.75, 3.05) is 51.0 Å². The van der Waals surface area contributed by atoms with Crippen molar-refractivity contribution in [1.82, 2.24) is 4.90 Å². The summed E-state index contributed by atoms with van der Waals surface area (Å²) in [5.41, 5.74) is 5.45. The van der Waals surface area contributed by atoms with Gasteiger partial charge >= 0.3 is 0 Å². The summed E-state index contributed by atoms with van der Waals surface area (Å²) in [6, 6.07) is 1.11. The highest BCUT2D eigenvalue weighted by atomic mass is 19.1. The molecule has 2 N–H and O–H groups in total. The Morgan fingerprint density at radius 3 is 2.39 bits per heavy atom. The van der Waals surface area contributed by atoms with E-state index in [0.717, 1.165) is 19.2 Å². The number of hydrogen-bond donors (Lipinski definition) is 1. The zero-order valence-electron chi connectivity index (χ0n) is 10.5. The van der Waals surface area contributed by atoms with Crippen LogP contribution in [-0.2, 0) is 0 Å². The highest BCUT2D eigenvalue weighted by Crippen LogP contribution is 2.35. The van der Waals surface area contributed by atoms with Gasteiger partial charge < -0.3 is 20.3 Å². The quantitative estimate of drug-likeness (QED) is 0.811. The van der Waals surface area contributed by atoms with E-state index in [0.29, 0.717) is 13.1 Å². The Balaban J connectivity index is 2.38. The summed E-state index contributed by atoms with van der Waals surface area (Å²) in [6.07, 6.45) is 0. The van der Waals surface area contributed by atoms with Crippen LogP contribution in [0.1, 0.15) is 0 Å². The smallest absolute Gasteiger partial charge is 0.193 e. The first-order chi connectivity index (χ1) is 8.54. The molecular formula is C12H17F2N3O. The molecule has 1 aromatic carbocycles. The van der Waals surface area contributed by atoms with Crippen LogP contribution in [0.4, 0.5) is 20.2 Å². The molecule has 6 heteroatoms. The molecule has 0 aliphatic carbocycles. The van der Waals surface area contributed by atoms with E-state index in [1.807, 2.05) is 7.05 Å². The summed E-state index contributed by atoms with van der Waals surface area (Å²) < 4.78 is 32.9. The third kappa shape index (κ3) is 2.20. The van der Waals surface area contributed by atoms with Crippen LogP contribution in [0.5, 0.6) is 5.75 Å². The van der Waals surface area contributed by atoms with Crippen LogP contribution in [0.3, 0.4) is 0 Å². The van der Waals surface area contributed by atoms with Gasteiger partial charge in [0.05, 0.1) is 12.8 Å². The number of halogens is 2. The Hall–Kier alpha value is -1.56. The van der Waals surface area contributed by atoms with Crippen molar-refractivity contribution in [1.29, 1.82) is 0 Å². The van der Waals surface area contributed by atoms with E-state index >= 15 is 0 Å². The molecule has 0 aromatic heterocycles. The second-order valence-electron chi connectivity index (χ2n) is 4.43. The maximum atomic E-state index is 14.2. The third-order valence-electron chi connectivity index (χ3n) is 3.20. The minimum absolute atomic E-state index is 0.0228. The van der Waals surface area contributed by atoms with E-state index in [4.69, 9.17) is 10.5 Å². The number of ether oxygens (including phenoxy) is 1. The van der Waals surface area contributed by atoms with Crippen molar-refractivity contribution < 1.29 is 13.5 Å². The average molecular weight is 257 g/mol. The van der Waals surface area contributed by atoms with Crippen LogP contribution in [0.25, 0.3) is 0 Å². The van der Waals surface area contributed by atoms with Gasteiger partial charge in [-0.2, -0.15) is 0 Å². The van der Waals surface area contributed by atoms with Gasteiger partial charge in [0, 0.05) is 32.2 Å². The van der Waals surface area contributed by atoms with Crippen molar-refractivity contribution in [3.63, 3.8) is 0 Å². The predicted octanol–water partition coefficient (Wildman–Crippen LogP) is 1.31. The number of nitrogens with zero attached hydrogens (tertiary/aromatic N) is 2. The SMILES string of the molecule is COc1c(N)cc(F)c(N2CCN(C)CC2)c1F. The van der Waals surface area contributed by atoms with Crippen molar-refractivity contribution in [3.05, 3.63) is 17.7 Å². The Morgan fingerprint density at radius 1 is 1.22 bits per heavy atom. The highest BCUT2D eigenvalue weighted by Gasteiger charge is 2.25. The van der Waals surface area contributed by atoms with Gasteiger partial charge in [0.25, 0.3) is 0 Å². The fourth-order valence-electron chi connectivity index (χ4n) is 2.14. The number of likely N-dealkylation sites (N-methyl/N-ethyl adjacent to an activating group) is 1. The van der Waals surface area contributed by atoms with Crippen LogP contribution in [0.2, 0.25) is 0 Å². The predicted molar refractivity (Wildman–Crippen MR) is 67.0 cm³/mol. The highest BCUT2D eigenvalue weighted by molar-refractivity contribution is 5.64. The molecule has 2 rings (SSSR count). The van der Waals surface area contributed by atoms with Crippen molar-refractivity contribution in [2.45, 2.75) is 0 Å². The van der Waals surface area contributed by atoms with Crippen LogP contribution < -0.4 is 15.4 Å². The fraction of sp³-hybridized carbons (Fsp3) is 0.500.